The number of hydrogen-bond acceptors (Lipinski definition) is 5. The van der Waals surface area contributed by atoms with Crippen molar-refractivity contribution in [2.24, 2.45) is 0 Å². The fraction of sp³-hybridized carbons (Fsp3) is 0.304. The van der Waals surface area contributed by atoms with E-state index in [1.165, 1.54) is 12.0 Å². The quantitative estimate of drug-likeness (QED) is 0.320. The van der Waals surface area contributed by atoms with Crippen LogP contribution in [0, 0.1) is 0 Å². The van der Waals surface area contributed by atoms with Crippen LogP contribution < -0.4 is 4.74 Å². The highest BCUT2D eigenvalue weighted by Gasteiger charge is 2.45. The number of carbonyl (C=O) groups is 2. The topological polar surface area (TPSA) is 76.1 Å². The van der Waals surface area contributed by atoms with Crippen molar-refractivity contribution in [1.82, 2.24) is 4.90 Å². The second-order valence-electron chi connectivity index (χ2n) is 6.69. The predicted octanol–water partition coefficient (Wildman–Crippen LogP) is 3.54. The first kappa shape index (κ1) is 20.6. The van der Waals surface area contributed by atoms with Gasteiger partial charge in [0, 0.05) is 25.3 Å². The van der Waals surface area contributed by atoms with E-state index >= 15 is 0 Å². The number of methoxy groups -OCH3 is 1. The fourth-order valence-corrected chi connectivity index (χ4v) is 3.50. The predicted molar refractivity (Wildman–Crippen MR) is 110 cm³/mol. The highest BCUT2D eigenvalue weighted by Crippen LogP contribution is 2.39. The number of carbonyl (C=O) groups excluding carboxylic acids is 2. The third-order valence-electron chi connectivity index (χ3n) is 4.89. The maximum absolute atomic E-state index is 12.9. The Hall–Kier alpha value is -3.12. The van der Waals surface area contributed by atoms with Crippen LogP contribution in [0.1, 0.15) is 30.5 Å². The van der Waals surface area contributed by atoms with Crippen molar-refractivity contribution in [2.45, 2.75) is 19.4 Å². The Kier molecular flexibility index (Phi) is 6.67. The molecule has 1 atom stereocenters. The summed E-state index contributed by atoms with van der Waals surface area (Å²) in [6.07, 6.45) is 0.601. The maximum atomic E-state index is 12.9. The van der Waals surface area contributed by atoms with Gasteiger partial charge in [-0.3, -0.25) is 9.59 Å². The van der Waals surface area contributed by atoms with Crippen molar-refractivity contribution in [2.75, 3.05) is 26.9 Å². The molecular formula is C23H25NO5. The molecule has 0 aliphatic carbocycles. The maximum Gasteiger partial charge on any atom is 0.295 e. The van der Waals surface area contributed by atoms with Gasteiger partial charge in [-0.2, -0.15) is 0 Å². The van der Waals surface area contributed by atoms with Crippen molar-refractivity contribution < 1.29 is 24.2 Å². The minimum atomic E-state index is -0.685. The zero-order valence-electron chi connectivity index (χ0n) is 16.6. The minimum absolute atomic E-state index is 0.0888. The Morgan fingerprint density at radius 2 is 1.86 bits per heavy atom. The van der Waals surface area contributed by atoms with E-state index in [1.807, 2.05) is 37.3 Å². The SMILES string of the molecule is CCOCCCN1C(=O)C(=O)/C(=C(\O)c2cccc(OC)c2)C1c1ccccc1. The van der Waals surface area contributed by atoms with Gasteiger partial charge in [0.1, 0.15) is 11.5 Å². The van der Waals surface area contributed by atoms with E-state index in [0.717, 1.165) is 5.56 Å². The number of aliphatic hydroxyl groups is 1. The molecule has 6 nitrogen and oxygen atoms in total. The average molecular weight is 395 g/mol. The summed E-state index contributed by atoms with van der Waals surface area (Å²) < 4.78 is 10.6. The number of aliphatic hydroxyl groups excluding tert-OH is 1. The molecule has 0 spiro atoms. The molecule has 1 saturated heterocycles. The van der Waals surface area contributed by atoms with Gasteiger partial charge in [-0.25, -0.2) is 0 Å². The van der Waals surface area contributed by atoms with Gasteiger partial charge in [-0.05, 0) is 31.0 Å². The second-order valence-corrected chi connectivity index (χ2v) is 6.69. The van der Waals surface area contributed by atoms with Crippen LogP contribution in [0.5, 0.6) is 5.75 Å². The van der Waals surface area contributed by atoms with Gasteiger partial charge in [0.15, 0.2) is 0 Å². The van der Waals surface area contributed by atoms with Crippen LogP contribution in [0.3, 0.4) is 0 Å². The number of benzene rings is 2. The first-order valence-corrected chi connectivity index (χ1v) is 9.64. The number of rotatable bonds is 8. The smallest absolute Gasteiger partial charge is 0.295 e. The molecule has 0 aromatic heterocycles. The summed E-state index contributed by atoms with van der Waals surface area (Å²) in [5.74, 6) is -0.949. The molecule has 1 amide bonds. The third-order valence-corrected chi connectivity index (χ3v) is 4.89. The summed E-state index contributed by atoms with van der Waals surface area (Å²) in [6.45, 7) is 3.36. The molecule has 6 heteroatoms. The van der Waals surface area contributed by atoms with Gasteiger partial charge < -0.3 is 19.5 Å². The van der Waals surface area contributed by atoms with Gasteiger partial charge in [0.05, 0.1) is 18.7 Å². The highest BCUT2D eigenvalue weighted by atomic mass is 16.5. The number of nitrogens with zero attached hydrogens (tertiary/aromatic N) is 1. The third kappa shape index (κ3) is 4.32. The van der Waals surface area contributed by atoms with Gasteiger partial charge in [0.2, 0.25) is 0 Å². The summed E-state index contributed by atoms with van der Waals surface area (Å²) in [5.41, 5.74) is 1.29. The van der Waals surface area contributed by atoms with Crippen LogP contribution >= 0.6 is 0 Å². The number of hydrogen-bond donors (Lipinski definition) is 1. The van der Waals surface area contributed by atoms with Crippen molar-refractivity contribution >= 4 is 17.4 Å². The molecule has 1 aliphatic rings. The minimum Gasteiger partial charge on any atom is -0.507 e. The molecule has 152 valence electrons. The largest absolute Gasteiger partial charge is 0.507 e. The number of amides is 1. The van der Waals surface area contributed by atoms with E-state index in [2.05, 4.69) is 0 Å². The lowest BCUT2D eigenvalue weighted by Gasteiger charge is -2.25. The number of ketones is 1. The summed E-state index contributed by atoms with van der Waals surface area (Å²) in [4.78, 5) is 27.2. The Morgan fingerprint density at radius 1 is 1.10 bits per heavy atom. The Morgan fingerprint density at radius 3 is 2.55 bits per heavy atom. The Labute approximate surface area is 170 Å². The highest BCUT2D eigenvalue weighted by molar-refractivity contribution is 6.46. The van der Waals surface area contributed by atoms with Crippen LogP contribution in [0.15, 0.2) is 60.2 Å². The molecule has 0 saturated carbocycles. The molecule has 1 fully saturated rings. The molecule has 2 aromatic rings. The van der Waals surface area contributed by atoms with E-state index in [-0.39, 0.29) is 11.3 Å². The lowest BCUT2D eigenvalue weighted by atomic mass is 9.95. The van der Waals surface area contributed by atoms with E-state index < -0.39 is 17.7 Å². The Balaban J connectivity index is 2.05. The van der Waals surface area contributed by atoms with Gasteiger partial charge in [-0.1, -0.05) is 42.5 Å². The summed E-state index contributed by atoms with van der Waals surface area (Å²) in [7, 11) is 1.53. The number of likely N-dealkylation sites (tertiary alicyclic amines) is 1. The molecule has 1 N–H and O–H groups in total. The van der Waals surface area contributed by atoms with Crippen LogP contribution in [-0.2, 0) is 14.3 Å². The van der Waals surface area contributed by atoms with Crippen LogP contribution in [0.4, 0.5) is 0 Å². The molecule has 0 radical (unpaired) electrons. The van der Waals surface area contributed by atoms with Gasteiger partial charge in [-0.15, -0.1) is 0 Å². The molecular weight excluding hydrogens is 370 g/mol. The van der Waals surface area contributed by atoms with Gasteiger partial charge in [0.25, 0.3) is 11.7 Å². The van der Waals surface area contributed by atoms with E-state index in [1.54, 1.807) is 24.3 Å². The average Bonchev–Trinajstić information content (AvgIpc) is 3.01. The van der Waals surface area contributed by atoms with Crippen molar-refractivity contribution in [3.05, 3.63) is 71.3 Å². The zero-order valence-corrected chi connectivity index (χ0v) is 16.6. The Bertz CT molecular complexity index is 906. The number of ether oxygens (including phenoxy) is 2. The molecule has 1 heterocycles. The van der Waals surface area contributed by atoms with Crippen molar-refractivity contribution in [3.8, 4) is 5.75 Å². The van der Waals surface area contributed by atoms with E-state index in [0.29, 0.717) is 37.5 Å². The summed E-state index contributed by atoms with van der Waals surface area (Å²) in [6, 6.07) is 15.4. The summed E-state index contributed by atoms with van der Waals surface area (Å²) in [5, 5.41) is 11.0. The standard InChI is InChI=1S/C23H25NO5/c1-3-29-14-8-13-24-20(16-9-5-4-6-10-16)19(22(26)23(24)27)21(25)17-11-7-12-18(15-17)28-2/h4-7,9-12,15,20,25H,3,8,13-14H2,1-2H3/b21-19-. The monoisotopic (exact) mass is 395 g/mol. The fourth-order valence-electron chi connectivity index (χ4n) is 3.50. The molecule has 29 heavy (non-hydrogen) atoms. The normalized spacial score (nSPS) is 18.3. The first-order valence-electron chi connectivity index (χ1n) is 9.64. The first-order chi connectivity index (χ1) is 14.1. The van der Waals surface area contributed by atoms with E-state index in [4.69, 9.17) is 9.47 Å². The molecule has 0 bridgehead atoms. The van der Waals surface area contributed by atoms with Crippen molar-refractivity contribution in [1.29, 1.82) is 0 Å². The molecule has 2 aromatic carbocycles. The lowest BCUT2D eigenvalue weighted by molar-refractivity contribution is -0.140. The van der Waals surface area contributed by atoms with Gasteiger partial charge >= 0.3 is 0 Å². The van der Waals surface area contributed by atoms with Crippen molar-refractivity contribution in [3.63, 3.8) is 0 Å². The summed E-state index contributed by atoms with van der Waals surface area (Å²) >= 11 is 0. The lowest BCUT2D eigenvalue weighted by Crippen LogP contribution is -2.31. The van der Waals surface area contributed by atoms with Crippen LogP contribution in [-0.4, -0.2) is 48.6 Å². The molecule has 3 rings (SSSR count). The molecule has 1 unspecified atom stereocenters. The second kappa shape index (κ2) is 9.39. The van der Waals surface area contributed by atoms with E-state index in [9.17, 15) is 14.7 Å². The molecule has 1 aliphatic heterocycles. The van der Waals surface area contributed by atoms with Crippen LogP contribution in [0.25, 0.3) is 5.76 Å². The zero-order chi connectivity index (χ0) is 20.8. The number of Topliss-reactive ketones (excluding diaryl/α,β-unsaturated/α-hetero) is 1. The van der Waals surface area contributed by atoms with Crippen LogP contribution in [0.2, 0.25) is 0 Å².